The van der Waals surface area contributed by atoms with Crippen molar-refractivity contribution in [1.82, 2.24) is 4.37 Å². The van der Waals surface area contributed by atoms with E-state index in [-0.39, 0.29) is 18.3 Å². The van der Waals surface area contributed by atoms with Crippen molar-refractivity contribution in [3.05, 3.63) is 59.4 Å². The number of hydrogen-bond donors (Lipinski definition) is 2. The summed E-state index contributed by atoms with van der Waals surface area (Å²) in [4.78, 5) is 18.0. The summed E-state index contributed by atoms with van der Waals surface area (Å²) in [6, 6.07) is 9.52. The fourth-order valence-electron chi connectivity index (χ4n) is 3.96. The molecule has 1 aromatic heterocycles. The van der Waals surface area contributed by atoms with E-state index < -0.39 is 6.04 Å². The van der Waals surface area contributed by atoms with Crippen LogP contribution < -0.4 is 32.9 Å². The second-order valence-electron chi connectivity index (χ2n) is 8.32. The highest BCUT2D eigenvalue weighted by atomic mass is 35.5. The number of aromatic nitrogens is 1. The average molecular weight is 513 g/mol. The van der Waals surface area contributed by atoms with E-state index in [1.54, 1.807) is 20.4 Å². The Morgan fingerprint density at radius 3 is 2.60 bits per heavy atom. The van der Waals surface area contributed by atoms with E-state index in [0.29, 0.717) is 17.9 Å². The number of nitrogens with one attached hydrogen (secondary N) is 1. The predicted octanol–water partition coefficient (Wildman–Crippen LogP) is 1.41. The van der Waals surface area contributed by atoms with Gasteiger partial charge in [0.2, 0.25) is 0 Å². The van der Waals surface area contributed by atoms with Gasteiger partial charge in [0.25, 0.3) is 5.91 Å². The first-order valence-corrected chi connectivity index (χ1v) is 11.8. The number of hydrogen-bond acceptors (Lipinski definition) is 6. The summed E-state index contributed by atoms with van der Waals surface area (Å²) >= 11 is 1.43. The summed E-state index contributed by atoms with van der Waals surface area (Å²) in [5, 5.41) is 3.00. The number of carbonyl (C=O) groups excluding carboxylic acids is 1. The van der Waals surface area contributed by atoms with E-state index in [0.717, 1.165) is 50.4 Å². The second-order valence-corrected chi connectivity index (χ2v) is 9.12. The number of aryl methyl sites for hydroxylation is 1. The minimum absolute atomic E-state index is 0. The van der Waals surface area contributed by atoms with Gasteiger partial charge in [-0.1, -0.05) is 12.1 Å². The van der Waals surface area contributed by atoms with Crippen molar-refractivity contribution in [2.45, 2.75) is 32.7 Å². The van der Waals surface area contributed by atoms with Crippen molar-refractivity contribution in [2.75, 3.05) is 19.5 Å². The highest BCUT2D eigenvalue weighted by Gasteiger charge is 2.22. The fraction of sp³-hybridized carbons (Fsp3) is 0.269. The van der Waals surface area contributed by atoms with E-state index in [9.17, 15) is 4.79 Å². The molecule has 1 aliphatic heterocycles. The summed E-state index contributed by atoms with van der Waals surface area (Å²) in [6.07, 6.45) is 6.84. The molecule has 0 fully saturated rings. The molecule has 1 atom stereocenters. The molecule has 35 heavy (non-hydrogen) atoms. The van der Waals surface area contributed by atoms with Crippen LogP contribution in [-0.4, -0.2) is 36.8 Å². The van der Waals surface area contributed by atoms with E-state index in [1.165, 1.54) is 11.5 Å². The number of anilines is 1. The molecule has 1 amide bonds. The molecular weight excluding hydrogens is 484 g/mol. The Morgan fingerprint density at radius 2 is 1.91 bits per heavy atom. The van der Waals surface area contributed by atoms with E-state index in [2.05, 4.69) is 40.3 Å². The number of amides is 1. The lowest BCUT2D eigenvalue weighted by Gasteiger charge is -2.15. The normalized spacial score (nSPS) is 13.1. The minimum atomic E-state index is -0.428. The van der Waals surface area contributed by atoms with Crippen LogP contribution in [0.4, 0.5) is 5.69 Å². The zero-order valence-corrected chi connectivity index (χ0v) is 21.8. The van der Waals surface area contributed by atoms with Crippen LogP contribution in [0.1, 0.15) is 24.0 Å². The molecule has 1 aliphatic rings. The van der Waals surface area contributed by atoms with Crippen molar-refractivity contribution >= 4 is 29.3 Å². The lowest BCUT2D eigenvalue weighted by atomic mass is 9.99. The van der Waals surface area contributed by atoms with Gasteiger partial charge in [0.1, 0.15) is 11.5 Å². The van der Waals surface area contributed by atoms with Gasteiger partial charge in [-0.2, -0.15) is 4.37 Å². The lowest BCUT2D eigenvalue weighted by Crippen LogP contribution is -3.00. The topological polar surface area (TPSA) is 100 Å². The smallest absolute Gasteiger partial charge is 0.282 e. The molecule has 7 nitrogen and oxygen atoms in total. The maximum atomic E-state index is 12.9. The number of halogens is 1. The van der Waals surface area contributed by atoms with Crippen molar-refractivity contribution in [1.29, 1.82) is 0 Å². The molecule has 0 unspecified atom stereocenters. The molecule has 0 radical (unpaired) electrons. The molecule has 0 spiro atoms. The van der Waals surface area contributed by atoms with Crippen LogP contribution in [0.3, 0.4) is 0 Å². The third kappa shape index (κ3) is 5.73. The molecule has 0 saturated heterocycles. The Morgan fingerprint density at radius 1 is 1.14 bits per heavy atom. The molecule has 3 aromatic rings. The number of aliphatic imine (C=N–C) groups is 1. The van der Waals surface area contributed by atoms with E-state index in [1.807, 2.05) is 36.7 Å². The number of nitrogens with zero attached hydrogens (tertiary/aromatic N) is 2. The van der Waals surface area contributed by atoms with Crippen molar-refractivity contribution in [2.24, 2.45) is 4.99 Å². The lowest BCUT2D eigenvalue weighted by molar-refractivity contribution is -0.401. The monoisotopic (exact) mass is 512 g/mol. The maximum Gasteiger partial charge on any atom is 0.282 e. The zero-order chi connectivity index (χ0) is 24.2. The first-order valence-electron chi connectivity index (χ1n) is 11.0. The Labute approximate surface area is 215 Å². The third-order valence-corrected chi connectivity index (χ3v) is 6.88. The number of quaternary nitrogens is 1. The quantitative estimate of drug-likeness (QED) is 0.476. The Kier molecular flexibility index (Phi) is 8.67. The Balaban J connectivity index is 0.00000342. The molecule has 4 N–H and O–H groups in total. The van der Waals surface area contributed by atoms with Crippen molar-refractivity contribution in [3.63, 3.8) is 0 Å². The number of benzene rings is 2. The van der Waals surface area contributed by atoms with Gasteiger partial charge in [-0.25, -0.2) is 0 Å². The summed E-state index contributed by atoms with van der Waals surface area (Å²) < 4.78 is 15.5. The molecule has 2 aromatic carbocycles. The molecule has 184 valence electrons. The first kappa shape index (κ1) is 26.4. The van der Waals surface area contributed by atoms with Crippen LogP contribution in [0, 0.1) is 13.8 Å². The molecule has 0 bridgehead atoms. The molecule has 2 heterocycles. The van der Waals surface area contributed by atoms with Crippen molar-refractivity contribution in [3.8, 4) is 33.1 Å². The predicted molar refractivity (Wildman–Crippen MR) is 137 cm³/mol. The van der Waals surface area contributed by atoms with Crippen LogP contribution in [0.2, 0.25) is 0 Å². The number of rotatable bonds is 8. The number of methoxy groups -OCH3 is 2. The van der Waals surface area contributed by atoms with Gasteiger partial charge in [0, 0.05) is 37.0 Å². The molecular formula is C26H29ClN4O3S. The Hall–Kier alpha value is -3.20. The summed E-state index contributed by atoms with van der Waals surface area (Å²) in [5.41, 5.74) is 11.0. The van der Waals surface area contributed by atoms with Crippen LogP contribution in [0.15, 0.2) is 53.3 Å². The summed E-state index contributed by atoms with van der Waals surface area (Å²) in [7, 11) is 3.27. The van der Waals surface area contributed by atoms with Crippen LogP contribution in [0.5, 0.6) is 11.5 Å². The van der Waals surface area contributed by atoms with Crippen LogP contribution in [0.25, 0.3) is 21.6 Å². The molecule has 9 heteroatoms. The maximum absolute atomic E-state index is 12.9. The largest absolute Gasteiger partial charge is 1.00 e. The van der Waals surface area contributed by atoms with E-state index >= 15 is 0 Å². The SMILES string of the molecule is COc1ccc(-c2cnsc2-c2cc(C)c(C)c(OC)c2)cc1NC(=O)[C@@H]([NH3+])CC1=CN=CC1.[Cl-]. The zero-order valence-electron chi connectivity index (χ0n) is 20.2. The Bertz CT molecular complexity index is 1290. The number of ether oxygens (including phenoxy) is 2. The minimum Gasteiger partial charge on any atom is -1.00 e. The van der Waals surface area contributed by atoms with E-state index in [4.69, 9.17) is 9.47 Å². The highest BCUT2D eigenvalue weighted by molar-refractivity contribution is 7.10. The van der Waals surface area contributed by atoms with Gasteiger partial charge < -0.3 is 32.9 Å². The van der Waals surface area contributed by atoms with Crippen LogP contribution >= 0.6 is 11.5 Å². The van der Waals surface area contributed by atoms with Gasteiger partial charge in [0.05, 0.1) is 24.8 Å². The fourth-order valence-corrected chi connectivity index (χ4v) is 4.71. The van der Waals surface area contributed by atoms with Gasteiger partial charge in [-0.05, 0) is 71.4 Å². The summed E-state index contributed by atoms with van der Waals surface area (Å²) in [5.74, 6) is 1.28. The van der Waals surface area contributed by atoms with Crippen LogP contribution in [-0.2, 0) is 4.79 Å². The molecule has 4 rings (SSSR count). The standard InChI is InChI=1S/C26H28N4O3S.ClH/c1-15-9-19(12-24(33-4)16(15)2)25-20(14-29-34-25)18-5-6-23(32-3)22(11-18)30-26(31)21(27)10-17-7-8-28-13-17;/h5-6,8-9,11-14,21H,7,10,27H2,1-4H3,(H,30,31);1H/t21-;/m0./s1. The molecule has 0 saturated carbocycles. The van der Waals surface area contributed by atoms with Crippen molar-refractivity contribution < 1.29 is 32.4 Å². The number of carbonyl (C=O) groups is 1. The van der Waals surface area contributed by atoms with Gasteiger partial charge in [0.15, 0.2) is 6.04 Å². The average Bonchev–Trinajstić information content (AvgIpc) is 3.53. The summed E-state index contributed by atoms with van der Waals surface area (Å²) in [6.45, 7) is 4.13. The second kappa shape index (κ2) is 11.5. The van der Waals surface area contributed by atoms with Gasteiger partial charge >= 0.3 is 0 Å². The molecule has 0 aliphatic carbocycles. The highest BCUT2D eigenvalue weighted by Crippen LogP contribution is 2.40. The third-order valence-electron chi connectivity index (χ3n) is 6.04. The van der Waals surface area contributed by atoms with Gasteiger partial charge in [-0.3, -0.25) is 9.79 Å². The van der Waals surface area contributed by atoms with Gasteiger partial charge in [-0.15, -0.1) is 0 Å². The first-order chi connectivity index (χ1) is 16.4.